The Bertz CT molecular complexity index is 671. The second kappa shape index (κ2) is 5.28. The third kappa shape index (κ3) is 2.49. The number of aromatic nitrogens is 1. The van der Waals surface area contributed by atoms with Crippen molar-refractivity contribution in [2.75, 3.05) is 24.6 Å². The smallest absolute Gasteiger partial charge is 0.105 e. The van der Waals surface area contributed by atoms with Gasteiger partial charge >= 0.3 is 0 Å². The van der Waals surface area contributed by atoms with Gasteiger partial charge in [0.05, 0.1) is 17.8 Å². The number of rotatable bonds is 2. The minimum atomic E-state index is -0.997. The number of aliphatic hydroxyl groups is 2. The van der Waals surface area contributed by atoms with E-state index in [0.29, 0.717) is 13.0 Å². The molecule has 2 aromatic rings. The Kier molecular flexibility index (Phi) is 3.59. The lowest BCUT2D eigenvalue weighted by atomic mass is 9.92. The lowest BCUT2D eigenvalue weighted by molar-refractivity contribution is -0.0240. The summed E-state index contributed by atoms with van der Waals surface area (Å²) in [5.41, 5.74) is 3.29. The standard InChI is InChI=1S/C17H22N2O2/c1-12-13(2)18-15-7-4-3-6-14(15)16(12)19-9-5-8-17(21,10-19)11-20/h3-4,6-7,20-21H,5,8-11H2,1-2H3. The van der Waals surface area contributed by atoms with Crippen molar-refractivity contribution in [2.24, 2.45) is 0 Å². The fourth-order valence-corrected chi connectivity index (χ4v) is 3.25. The van der Waals surface area contributed by atoms with Crippen LogP contribution in [-0.4, -0.2) is 40.5 Å². The van der Waals surface area contributed by atoms with E-state index in [1.165, 1.54) is 0 Å². The number of piperidine rings is 1. The molecule has 1 aromatic heterocycles. The van der Waals surface area contributed by atoms with Gasteiger partial charge < -0.3 is 15.1 Å². The van der Waals surface area contributed by atoms with Crippen LogP contribution in [0.2, 0.25) is 0 Å². The molecule has 2 heterocycles. The highest BCUT2D eigenvalue weighted by Gasteiger charge is 2.33. The number of para-hydroxylation sites is 1. The number of hydrogen-bond acceptors (Lipinski definition) is 4. The van der Waals surface area contributed by atoms with Crippen molar-refractivity contribution >= 4 is 16.6 Å². The van der Waals surface area contributed by atoms with Crippen molar-refractivity contribution < 1.29 is 10.2 Å². The highest BCUT2D eigenvalue weighted by molar-refractivity contribution is 5.94. The van der Waals surface area contributed by atoms with Crippen LogP contribution in [0.1, 0.15) is 24.1 Å². The Hall–Kier alpha value is -1.65. The van der Waals surface area contributed by atoms with Crippen LogP contribution in [-0.2, 0) is 0 Å². The van der Waals surface area contributed by atoms with Gasteiger partial charge in [0.15, 0.2) is 0 Å². The van der Waals surface area contributed by atoms with E-state index in [1.807, 2.05) is 25.1 Å². The van der Waals surface area contributed by atoms with Crippen LogP contribution in [0.5, 0.6) is 0 Å². The minimum Gasteiger partial charge on any atom is -0.393 e. The molecule has 0 aliphatic carbocycles. The second-order valence-corrected chi connectivity index (χ2v) is 6.10. The van der Waals surface area contributed by atoms with Crippen LogP contribution >= 0.6 is 0 Å². The van der Waals surface area contributed by atoms with Crippen LogP contribution in [0.4, 0.5) is 5.69 Å². The summed E-state index contributed by atoms with van der Waals surface area (Å²) in [6, 6.07) is 8.11. The Labute approximate surface area is 125 Å². The van der Waals surface area contributed by atoms with E-state index >= 15 is 0 Å². The molecule has 3 rings (SSSR count). The quantitative estimate of drug-likeness (QED) is 0.888. The fourth-order valence-electron chi connectivity index (χ4n) is 3.25. The summed E-state index contributed by atoms with van der Waals surface area (Å²) in [6.45, 7) is 5.28. The zero-order valence-corrected chi connectivity index (χ0v) is 12.6. The third-order valence-electron chi connectivity index (χ3n) is 4.51. The Morgan fingerprint density at radius 1 is 1.29 bits per heavy atom. The lowest BCUT2D eigenvalue weighted by Gasteiger charge is -2.40. The van der Waals surface area contributed by atoms with E-state index < -0.39 is 5.60 Å². The summed E-state index contributed by atoms with van der Waals surface area (Å²) in [5.74, 6) is 0. The second-order valence-electron chi connectivity index (χ2n) is 6.10. The van der Waals surface area contributed by atoms with Crippen molar-refractivity contribution in [3.63, 3.8) is 0 Å². The molecule has 1 aromatic carbocycles. The van der Waals surface area contributed by atoms with Crippen molar-refractivity contribution in [3.05, 3.63) is 35.5 Å². The third-order valence-corrected chi connectivity index (χ3v) is 4.51. The molecule has 1 saturated heterocycles. The van der Waals surface area contributed by atoms with Gasteiger partial charge in [0.25, 0.3) is 0 Å². The molecule has 4 heteroatoms. The number of anilines is 1. The number of aliphatic hydroxyl groups excluding tert-OH is 1. The summed E-state index contributed by atoms with van der Waals surface area (Å²) in [7, 11) is 0. The summed E-state index contributed by atoms with van der Waals surface area (Å²) in [5, 5.41) is 21.0. The predicted molar refractivity (Wildman–Crippen MR) is 84.7 cm³/mol. The number of benzene rings is 1. The first-order chi connectivity index (χ1) is 10.0. The van der Waals surface area contributed by atoms with Crippen molar-refractivity contribution in [1.29, 1.82) is 0 Å². The zero-order valence-electron chi connectivity index (χ0n) is 12.6. The van der Waals surface area contributed by atoms with Crippen molar-refractivity contribution in [3.8, 4) is 0 Å². The molecule has 0 radical (unpaired) electrons. The topological polar surface area (TPSA) is 56.6 Å². The maximum Gasteiger partial charge on any atom is 0.105 e. The number of fused-ring (bicyclic) bond motifs is 1. The van der Waals surface area contributed by atoms with E-state index in [9.17, 15) is 10.2 Å². The van der Waals surface area contributed by atoms with Gasteiger partial charge in [-0.05, 0) is 38.3 Å². The lowest BCUT2D eigenvalue weighted by Crippen LogP contribution is -2.50. The molecule has 1 fully saturated rings. The predicted octanol–water partition coefficient (Wildman–Crippen LogP) is 2.18. The SMILES string of the molecule is Cc1nc2ccccc2c(N2CCCC(O)(CO)C2)c1C. The van der Waals surface area contributed by atoms with E-state index in [0.717, 1.165) is 40.8 Å². The summed E-state index contributed by atoms with van der Waals surface area (Å²) < 4.78 is 0. The van der Waals surface area contributed by atoms with Gasteiger partial charge in [-0.3, -0.25) is 4.98 Å². The van der Waals surface area contributed by atoms with Gasteiger partial charge in [-0.15, -0.1) is 0 Å². The minimum absolute atomic E-state index is 0.190. The number of β-amino-alcohol motifs (C(OH)–C–C–N with tert-alkyl or cyclic N) is 1. The molecule has 1 unspecified atom stereocenters. The normalized spacial score (nSPS) is 22.8. The molecular weight excluding hydrogens is 264 g/mol. The Morgan fingerprint density at radius 2 is 2.05 bits per heavy atom. The monoisotopic (exact) mass is 286 g/mol. The summed E-state index contributed by atoms with van der Waals surface area (Å²) in [6.07, 6.45) is 1.53. The van der Waals surface area contributed by atoms with Gasteiger partial charge in [0.1, 0.15) is 5.60 Å². The van der Waals surface area contributed by atoms with Gasteiger partial charge in [-0.25, -0.2) is 0 Å². The van der Waals surface area contributed by atoms with Crippen LogP contribution < -0.4 is 4.90 Å². The summed E-state index contributed by atoms with van der Waals surface area (Å²) >= 11 is 0. The molecule has 4 nitrogen and oxygen atoms in total. The molecule has 0 bridgehead atoms. The van der Waals surface area contributed by atoms with Crippen LogP contribution in [0.15, 0.2) is 24.3 Å². The highest BCUT2D eigenvalue weighted by Crippen LogP contribution is 2.34. The largest absolute Gasteiger partial charge is 0.393 e. The van der Waals surface area contributed by atoms with E-state index in [2.05, 4.69) is 22.9 Å². The molecule has 1 atom stereocenters. The number of nitrogens with zero attached hydrogens (tertiary/aromatic N) is 2. The van der Waals surface area contributed by atoms with Crippen LogP contribution in [0, 0.1) is 13.8 Å². The number of pyridine rings is 1. The molecule has 1 aliphatic rings. The molecule has 112 valence electrons. The molecule has 2 N–H and O–H groups in total. The average Bonchev–Trinajstić information content (AvgIpc) is 2.48. The first kappa shape index (κ1) is 14.3. The van der Waals surface area contributed by atoms with Crippen LogP contribution in [0.25, 0.3) is 10.9 Å². The van der Waals surface area contributed by atoms with Crippen LogP contribution in [0.3, 0.4) is 0 Å². The average molecular weight is 286 g/mol. The van der Waals surface area contributed by atoms with E-state index in [-0.39, 0.29) is 6.61 Å². The van der Waals surface area contributed by atoms with Crippen molar-refractivity contribution in [1.82, 2.24) is 4.98 Å². The molecule has 0 amide bonds. The maximum atomic E-state index is 10.4. The van der Waals surface area contributed by atoms with Gasteiger partial charge in [0.2, 0.25) is 0 Å². The Morgan fingerprint density at radius 3 is 2.81 bits per heavy atom. The van der Waals surface area contributed by atoms with E-state index in [4.69, 9.17) is 0 Å². The van der Waals surface area contributed by atoms with Gasteiger partial charge in [0, 0.05) is 24.2 Å². The summed E-state index contributed by atoms with van der Waals surface area (Å²) in [4.78, 5) is 6.85. The first-order valence-electron chi connectivity index (χ1n) is 7.48. The molecular formula is C17H22N2O2. The van der Waals surface area contributed by atoms with Gasteiger partial charge in [-0.1, -0.05) is 18.2 Å². The molecule has 0 spiro atoms. The molecule has 0 saturated carbocycles. The fraction of sp³-hybridized carbons (Fsp3) is 0.471. The Balaban J connectivity index is 2.13. The van der Waals surface area contributed by atoms with E-state index in [1.54, 1.807) is 0 Å². The molecule has 1 aliphatic heterocycles. The number of aryl methyl sites for hydroxylation is 1. The number of hydrogen-bond donors (Lipinski definition) is 2. The molecule has 21 heavy (non-hydrogen) atoms. The zero-order chi connectivity index (χ0) is 15.0. The maximum absolute atomic E-state index is 10.4. The first-order valence-corrected chi connectivity index (χ1v) is 7.48. The highest BCUT2D eigenvalue weighted by atomic mass is 16.3. The van der Waals surface area contributed by atoms with Gasteiger partial charge in [-0.2, -0.15) is 0 Å². The van der Waals surface area contributed by atoms with Crippen molar-refractivity contribution in [2.45, 2.75) is 32.3 Å².